The van der Waals surface area contributed by atoms with E-state index in [-0.39, 0.29) is 41.1 Å². The average Bonchev–Trinajstić information content (AvgIpc) is 2.95. The molecule has 4 atom stereocenters. The van der Waals surface area contributed by atoms with Gasteiger partial charge in [-0.15, -0.1) is 23.5 Å². The lowest BCUT2D eigenvalue weighted by Crippen LogP contribution is -2.58. The Labute approximate surface area is 325 Å². The molecule has 0 saturated heterocycles. The summed E-state index contributed by atoms with van der Waals surface area (Å²) in [4.78, 5) is 55.6. The highest BCUT2D eigenvalue weighted by Crippen LogP contribution is 2.53. The topological polar surface area (TPSA) is 131 Å². The molecule has 0 heterocycles. The van der Waals surface area contributed by atoms with Crippen LogP contribution in [0.3, 0.4) is 0 Å². The number of hydrogen-bond donors (Lipinski definition) is 3. The van der Waals surface area contributed by atoms with Gasteiger partial charge in [0.05, 0.1) is 23.3 Å². The van der Waals surface area contributed by atoms with Crippen molar-refractivity contribution in [3.8, 4) is 0 Å². The summed E-state index contributed by atoms with van der Waals surface area (Å²) in [6.45, 7) is 31.2. The van der Waals surface area contributed by atoms with Crippen LogP contribution in [0.1, 0.15) is 130 Å². The van der Waals surface area contributed by atoms with E-state index >= 15 is 0 Å². The maximum Gasteiger partial charge on any atom is 0.312 e. The molecule has 9 nitrogen and oxygen atoms in total. The summed E-state index contributed by atoms with van der Waals surface area (Å²) in [5.41, 5.74) is 2.72. The summed E-state index contributed by atoms with van der Waals surface area (Å²) in [5.74, 6) is -1.71. The van der Waals surface area contributed by atoms with E-state index in [4.69, 9.17) is 22.7 Å². The Morgan fingerprint density at radius 3 is 1.78 bits per heavy atom. The second kappa shape index (κ2) is 19.8. The first-order chi connectivity index (χ1) is 22.9. The zero-order valence-electron chi connectivity index (χ0n) is 35.2. The first kappa shape index (κ1) is 49.6. The van der Waals surface area contributed by atoms with Crippen molar-refractivity contribution in [2.75, 3.05) is 39.5 Å². The van der Waals surface area contributed by atoms with Gasteiger partial charge >= 0.3 is 5.97 Å². The number of nitrogens with two attached hydrogens (primary N) is 1. The number of ether oxygens (including phenoxy) is 1. The molecule has 0 bridgehead atoms. The Morgan fingerprint density at radius 1 is 0.824 bits per heavy atom. The van der Waals surface area contributed by atoms with Gasteiger partial charge in [0.15, 0.2) is 0 Å². The number of nitrogens with one attached hydrogen (secondary N) is 2. The normalized spacial score (nSPS) is 16.0. The quantitative estimate of drug-likeness (QED) is 0.0687. The molecule has 3 amide bonds. The Morgan fingerprint density at radius 2 is 1.33 bits per heavy atom. The molecule has 298 valence electrons. The van der Waals surface area contributed by atoms with Crippen LogP contribution in [-0.4, -0.2) is 81.9 Å². The highest BCUT2D eigenvalue weighted by molar-refractivity contribution is 8.47. The van der Waals surface area contributed by atoms with Crippen molar-refractivity contribution in [2.24, 2.45) is 45.1 Å². The summed E-state index contributed by atoms with van der Waals surface area (Å²) < 4.78 is 5.92. The van der Waals surface area contributed by atoms with Gasteiger partial charge < -0.3 is 26.0 Å². The fourth-order valence-electron chi connectivity index (χ4n) is 7.18. The zero-order chi connectivity index (χ0) is 40.4. The van der Waals surface area contributed by atoms with Gasteiger partial charge in [0.25, 0.3) is 0 Å². The first-order valence-corrected chi connectivity index (χ1v) is 20.6. The minimum absolute atomic E-state index is 0.0388. The van der Waals surface area contributed by atoms with Crippen LogP contribution < -0.4 is 16.4 Å². The Kier molecular flexibility index (Phi) is 19.3. The Balaban J connectivity index is 6.71. The van der Waals surface area contributed by atoms with Gasteiger partial charge in [-0.05, 0) is 96.8 Å². The van der Waals surface area contributed by atoms with E-state index in [1.807, 2.05) is 69.2 Å². The molecule has 0 radical (unpaired) electrons. The van der Waals surface area contributed by atoms with Crippen LogP contribution in [0.25, 0.3) is 0 Å². The molecule has 0 saturated carbocycles. The maximum atomic E-state index is 14.5. The number of carbonyl (C=O) groups excluding carboxylic acids is 4. The van der Waals surface area contributed by atoms with E-state index in [9.17, 15) is 19.2 Å². The summed E-state index contributed by atoms with van der Waals surface area (Å²) in [5, 5.41) is 5.96. The minimum atomic E-state index is -1.14. The van der Waals surface area contributed by atoms with E-state index < -0.39 is 38.9 Å². The largest absolute Gasteiger partial charge is 0.460 e. The highest BCUT2D eigenvalue weighted by atomic mass is 32.2. The van der Waals surface area contributed by atoms with E-state index in [2.05, 4.69) is 45.3 Å². The number of thiocarbonyl (C=S) groups is 1. The third-order valence-corrected chi connectivity index (χ3v) is 13.2. The van der Waals surface area contributed by atoms with E-state index in [1.165, 1.54) is 11.8 Å². The monoisotopic (exact) mass is 774 g/mol. The zero-order valence-corrected chi connectivity index (χ0v) is 37.6. The number of esters is 1. The maximum absolute atomic E-state index is 14.5. The van der Waals surface area contributed by atoms with Crippen molar-refractivity contribution in [3.05, 3.63) is 0 Å². The Hall–Kier alpha value is -1.37. The summed E-state index contributed by atoms with van der Waals surface area (Å²) in [6.07, 6.45) is 3.35. The second-order valence-electron chi connectivity index (χ2n) is 18.7. The molecule has 0 fully saturated rings. The molecule has 0 rings (SSSR count). The molecule has 0 aliphatic rings. The van der Waals surface area contributed by atoms with Crippen molar-refractivity contribution in [2.45, 2.75) is 140 Å². The number of thioether (sulfide) groups is 2. The van der Waals surface area contributed by atoms with Crippen LogP contribution in [0.4, 0.5) is 0 Å². The van der Waals surface area contributed by atoms with Crippen LogP contribution >= 0.6 is 35.7 Å². The number of rotatable bonds is 19. The molecule has 0 aromatic carbocycles. The van der Waals surface area contributed by atoms with E-state index in [0.717, 1.165) is 35.0 Å². The van der Waals surface area contributed by atoms with Crippen molar-refractivity contribution >= 4 is 63.0 Å². The predicted molar refractivity (Wildman–Crippen MR) is 222 cm³/mol. The van der Waals surface area contributed by atoms with E-state index in [1.54, 1.807) is 30.8 Å². The van der Waals surface area contributed by atoms with Gasteiger partial charge in [0.1, 0.15) is 9.13 Å². The standard InChI is InChI=1S/C39H74N4O5S3/c1-26(39(15,31(46)43(16)17)27(2)37(11,12)32(47)48-35(6,7)8)29(30(45)42-22-20-18-19-21-41-28(44)23-40)38(13,14)51-33(49)50-25-36(9,10)24-34(3,4)5/h26-27,29H,18-25,40H2,1-17H3,(H,41,44)(H,42,45). The van der Waals surface area contributed by atoms with Gasteiger partial charge in [0.2, 0.25) is 17.7 Å². The molecule has 4 N–H and O–H groups in total. The summed E-state index contributed by atoms with van der Waals surface area (Å²) in [7, 11) is 3.44. The number of carbonyl (C=O) groups is 4. The molecule has 0 aliphatic heterocycles. The number of nitrogens with zero attached hydrogens (tertiary/aromatic N) is 1. The molecular formula is C39H74N4O5S3. The molecular weight excluding hydrogens is 701 g/mol. The molecule has 12 heteroatoms. The van der Waals surface area contributed by atoms with Crippen molar-refractivity contribution < 1.29 is 23.9 Å². The smallest absolute Gasteiger partial charge is 0.312 e. The molecule has 0 spiro atoms. The molecule has 0 aromatic heterocycles. The van der Waals surface area contributed by atoms with Crippen molar-refractivity contribution in [1.29, 1.82) is 0 Å². The predicted octanol–water partition coefficient (Wildman–Crippen LogP) is 7.69. The van der Waals surface area contributed by atoms with Crippen molar-refractivity contribution in [1.82, 2.24) is 15.5 Å². The van der Waals surface area contributed by atoms with Crippen LogP contribution in [0.2, 0.25) is 0 Å². The molecule has 0 aliphatic carbocycles. The number of amides is 3. The van der Waals surface area contributed by atoms with Gasteiger partial charge in [-0.25, -0.2) is 0 Å². The van der Waals surface area contributed by atoms with Gasteiger partial charge in [-0.1, -0.05) is 67.6 Å². The molecule has 0 aromatic rings. The van der Waals surface area contributed by atoms with Crippen LogP contribution in [0.15, 0.2) is 0 Å². The second-order valence-corrected chi connectivity index (χ2v) is 22.6. The first-order valence-electron chi connectivity index (χ1n) is 18.4. The average molecular weight is 775 g/mol. The van der Waals surface area contributed by atoms with Gasteiger partial charge in [0, 0.05) is 37.7 Å². The third kappa shape index (κ3) is 16.3. The summed E-state index contributed by atoms with van der Waals surface area (Å²) >= 11 is 9.15. The Bertz CT molecular complexity index is 1190. The molecule has 4 unspecified atom stereocenters. The lowest BCUT2D eigenvalue weighted by atomic mass is 9.55. The van der Waals surface area contributed by atoms with Gasteiger partial charge in [-0.2, -0.15) is 0 Å². The highest BCUT2D eigenvalue weighted by Gasteiger charge is 2.58. The SMILES string of the molecule is CC(C(C(=O)NCCCCCNC(=O)CN)C(C)(C)SC(=S)SCC(C)(C)CC(C)(C)C)C(C)(C(=O)N(C)C)C(C)C(C)(C)C(=O)OC(C)(C)C. The van der Waals surface area contributed by atoms with Crippen LogP contribution in [0, 0.1) is 39.4 Å². The van der Waals surface area contributed by atoms with Gasteiger partial charge in [-0.3, -0.25) is 19.2 Å². The molecule has 51 heavy (non-hydrogen) atoms. The number of unbranched alkanes of at least 4 members (excludes halogenated alkanes) is 2. The van der Waals surface area contributed by atoms with Crippen LogP contribution in [-0.2, 0) is 23.9 Å². The van der Waals surface area contributed by atoms with Crippen LogP contribution in [0.5, 0.6) is 0 Å². The fourth-order valence-corrected chi connectivity index (χ4v) is 10.5. The number of hydrogen-bond acceptors (Lipinski definition) is 9. The van der Waals surface area contributed by atoms with Crippen molar-refractivity contribution in [3.63, 3.8) is 0 Å². The third-order valence-electron chi connectivity index (χ3n) is 9.85. The summed E-state index contributed by atoms with van der Waals surface area (Å²) in [6, 6.07) is 0. The lowest BCUT2D eigenvalue weighted by Gasteiger charge is -2.51. The minimum Gasteiger partial charge on any atom is -0.460 e. The fraction of sp³-hybridized carbons (Fsp3) is 0.872. The lowest BCUT2D eigenvalue weighted by molar-refractivity contribution is -0.176. The van der Waals surface area contributed by atoms with E-state index in [0.29, 0.717) is 13.1 Å².